The fourth-order valence-electron chi connectivity index (χ4n) is 3.16. The molecule has 9 heteroatoms. The average Bonchev–Trinajstić information content (AvgIpc) is 3.00. The number of nitrogens with one attached hydrogen (secondary N) is 2. The van der Waals surface area contributed by atoms with Crippen molar-refractivity contribution in [3.8, 4) is 0 Å². The van der Waals surface area contributed by atoms with Crippen molar-refractivity contribution < 1.29 is 0 Å². The summed E-state index contributed by atoms with van der Waals surface area (Å²) >= 11 is 6.19. The fraction of sp³-hybridized carbons (Fsp3) is 0.526. The Morgan fingerprint density at radius 3 is 2.86 bits per heavy atom. The van der Waals surface area contributed by atoms with Crippen LogP contribution in [0.2, 0.25) is 5.02 Å². The Morgan fingerprint density at radius 1 is 1.29 bits per heavy atom. The summed E-state index contributed by atoms with van der Waals surface area (Å²) < 4.78 is 3.40. The van der Waals surface area contributed by atoms with Gasteiger partial charge in [0.15, 0.2) is 5.96 Å². The van der Waals surface area contributed by atoms with Crippen LogP contribution >= 0.6 is 35.6 Å². The number of aliphatic imine (C=N–C) groups is 1. The second-order valence-corrected chi connectivity index (χ2v) is 7.00. The summed E-state index contributed by atoms with van der Waals surface area (Å²) in [5.41, 5.74) is 1.01. The molecule has 1 aromatic heterocycles. The van der Waals surface area contributed by atoms with Crippen molar-refractivity contribution in [1.82, 2.24) is 25.0 Å². The van der Waals surface area contributed by atoms with E-state index in [1.165, 1.54) is 0 Å². The van der Waals surface area contributed by atoms with Crippen LogP contribution in [-0.4, -0.2) is 33.4 Å². The highest BCUT2D eigenvalue weighted by Gasteiger charge is 2.16. The summed E-state index contributed by atoms with van der Waals surface area (Å²) in [6, 6.07) is 7.71. The van der Waals surface area contributed by atoms with Gasteiger partial charge in [-0.25, -0.2) is 14.5 Å². The number of fused-ring (bicyclic) bond motifs is 1. The van der Waals surface area contributed by atoms with Crippen molar-refractivity contribution in [2.24, 2.45) is 4.99 Å². The van der Waals surface area contributed by atoms with Crippen LogP contribution in [0.1, 0.15) is 37.6 Å². The molecule has 2 N–H and O–H groups in total. The Bertz CT molecular complexity index is 847. The normalized spacial score (nSPS) is 13.6. The maximum absolute atomic E-state index is 12.3. The molecule has 0 bridgehead atoms. The third-order valence-corrected chi connectivity index (χ3v) is 4.95. The van der Waals surface area contributed by atoms with Crippen LogP contribution in [0, 0.1) is 0 Å². The Hall–Kier alpha value is -1.55. The highest BCUT2D eigenvalue weighted by molar-refractivity contribution is 14.0. The lowest BCUT2D eigenvalue weighted by molar-refractivity contribution is 0.509. The van der Waals surface area contributed by atoms with Gasteiger partial charge in [0.1, 0.15) is 5.82 Å². The van der Waals surface area contributed by atoms with E-state index in [1.54, 1.807) is 4.68 Å². The molecule has 3 rings (SSSR count). The van der Waals surface area contributed by atoms with Crippen LogP contribution < -0.4 is 16.3 Å². The monoisotopic (exact) mass is 518 g/mol. The van der Waals surface area contributed by atoms with Crippen molar-refractivity contribution in [1.29, 1.82) is 0 Å². The molecule has 154 valence electrons. The molecule has 2 heterocycles. The van der Waals surface area contributed by atoms with Crippen molar-refractivity contribution in [3.05, 3.63) is 51.2 Å². The maximum Gasteiger partial charge on any atom is 0.345 e. The van der Waals surface area contributed by atoms with Gasteiger partial charge in [0.05, 0.1) is 6.54 Å². The Labute approximate surface area is 187 Å². The third kappa shape index (κ3) is 5.97. The van der Waals surface area contributed by atoms with Gasteiger partial charge in [-0.1, -0.05) is 29.8 Å². The highest BCUT2D eigenvalue weighted by atomic mass is 127. The minimum absolute atomic E-state index is 0. The van der Waals surface area contributed by atoms with Crippen LogP contribution in [0.4, 0.5) is 0 Å². The van der Waals surface area contributed by atoms with Crippen LogP contribution in [0.5, 0.6) is 0 Å². The van der Waals surface area contributed by atoms with Crippen LogP contribution in [0.3, 0.4) is 0 Å². The number of hydrogen-bond donors (Lipinski definition) is 2. The number of rotatable bonds is 7. The number of benzene rings is 1. The lowest BCUT2D eigenvalue weighted by Gasteiger charge is -2.11. The zero-order valence-corrected chi connectivity index (χ0v) is 19.2. The molecule has 2 aromatic rings. The summed E-state index contributed by atoms with van der Waals surface area (Å²) in [4.78, 5) is 16.9. The summed E-state index contributed by atoms with van der Waals surface area (Å²) in [6.07, 6.45) is 3.88. The molecule has 1 aromatic carbocycles. The summed E-state index contributed by atoms with van der Waals surface area (Å²) in [5.74, 6) is 1.67. The number of aryl methyl sites for hydroxylation is 2. The molecule has 7 nitrogen and oxygen atoms in total. The Morgan fingerprint density at radius 2 is 2.11 bits per heavy atom. The SMILES string of the molecule is CCNC(=NCc1ccccc1Cl)NCCCn1nc2n(c1=O)CCCC2.I. The summed E-state index contributed by atoms with van der Waals surface area (Å²) in [6.45, 7) is 5.44. The zero-order valence-electron chi connectivity index (χ0n) is 16.2. The largest absolute Gasteiger partial charge is 0.357 e. The average molecular weight is 519 g/mol. The number of aromatic nitrogens is 3. The molecule has 0 amide bonds. The van der Waals surface area contributed by atoms with Crippen LogP contribution in [0.25, 0.3) is 0 Å². The Kier molecular flexibility index (Phi) is 9.30. The first-order chi connectivity index (χ1) is 13.2. The maximum atomic E-state index is 12.3. The van der Waals surface area contributed by atoms with E-state index < -0.39 is 0 Å². The molecular weight excluding hydrogens is 491 g/mol. The number of nitrogens with zero attached hydrogens (tertiary/aromatic N) is 4. The Balaban J connectivity index is 0.00000280. The van der Waals surface area contributed by atoms with E-state index in [-0.39, 0.29) is 29.7 Å². The van der Waals surface area contributed by atoms with Gasteiger partial charge in [0.25, 0.3) is 0 Å². The molecule has 0 unspecified atom stereocenters. The second-order valence-electron chi connectivity index (χ2n) is 6.60. The van der Waals surface area contributed by atoms with Crippen molar-refractivity contribution in [2.45, 2.75) is 52.2 Å². The molecule has 0 atom stereocenters. The van der Waals surface area contributed by atoms with Gasteiger partial charge >= 0.3 is 5.69 Å². The topological polar surface area (TPSA) is 76.2 Å². The summed E-state index contributed by atoms with van der Waals surface area (Å²) in [5, 5.41) is 11.7. The minimum atomic E-state index is 0. The first-order valence-corrected chi connectivity index (χ1v) is 9.99. The van der Waals surface area contributed by atoms with Gasteiger partial charge in [-0.3, -0.25) is 4.57 Å². The first-order valence-electron chi connectivity index (χ1n) is 9.61. The predicted molar refractivity (Wildman–Crippen MR) is 124 cm³/mol. The number of hydrogen-bond acceptors (Lipinski definition) is 3. The smallest absolute Gasteiger partial charge is 0.345 e. The van der Waals surface area contributed by atoms with E-state index in [1.807, 2.05) is 35.8 Å². The van der Waals surface area contributed by atoms with Gasteiger partial charge in [-0.2, -0.15) is 5.10 Å². The van der Waals surface area contributed by atoms with Crippen molar-refractivity contribution in [3.63, 3.8) is 0 Å². The minimum Gasteiger partial charge on any atom is -0.357 e. The van der Waals surface area contributed by atoms with Crippen LogP contribution in [0.15, 0.2) is 34.1 Å². The second kappa shape index (κ2) is 11.5. The molecule has 0 saturated heterocycles. The van der Waals surface area contributed by atoms with Gasteiger partial charge in [0, 0.05) is 37.6 Å². The van der Waals surface area contributed by atoms with Gasteiger partial charge in [-0.15, -0.1) is 24.0 Å². The molecule has 0 aliphatic carbocycles. The van der Waals surface area contributed by atoms with Gasteiger partial charge < -0.3 is 10.6 Å². The standard InChI is InChI=1S/C19H27ClN6O.HI/c1-2-21-18(23-14-15-8-3-4-9-16(15)20)22-11-7-13-26-19(27)25-12-6-5-10-17(25)24-26;/h3-4,8-9H,2,5-7,10-14H2,1H3,(H2,21,22,23);1H. The molecule has 0 fully saturated rings. The predicted octanol–water partition coefficient (Wildman–Crippen LogP) is 2.80. The first kappa shape index (κ1) is 22.7. The third-order valence-electron chi connectivity index (χ3n) is 4.58. The molecule has 28 heavy (non-hydrogen) atoms. The number of halogens is 2. The van der Waals surface area contributed by atoms with Crippen LogP contribution in [-0.2, 0) is 26.1 Å². The van der Waals surface area contributed by atoms with E-state index in [0.717, 1.165) is 61.1 Å². The molecule has 0 radical (unpaired) electrons. The number of guanidine groups is 1. The van der Waals surface area contributed by atoms with E-state index in [0.29, 0.717) is 19.6 Å². The van der Waals surface area contributed by atoms with Crippen molar-refractivity contribution >= 4 is 41.5 Å². The molecular formula is C19H28ClIN6O. The quantitative estimate of drug-likeness (QED) is 0.256. The molecule has 1 aliphatic rings. The molecule has 1 aliphatic heterocycles. The zero-order chi connectivity index (χ0) is 19.1. The fourth-order valence-corrected chi connectivity index (χ4v) is 3.36. The van der Waals surface area contributed by atoms with E-state index in [2.05, 4.69) is 20.7 Å². The van der Waals surface area contributed by atoms with E-state index in [4.69, 9.17) is 11.6 Å². The lowest BCUT2D eigenvalue weighted by Crippen LogP contribution is -2.38. The summed E-state index contributed by atoms with van der Waals surface area (Å²) in [7, 11) is 0. The van der Waals surface area contributed by atoms with E-state index in [9.17, 15) is 4.79 Å². The molecule has 0 saturated carbocycles. The van der Waals surface area contributed by atoms with Gasteiger partial charge in [0.2, 0.25) is 0 Å². The molecule has 0 spiro atoms. The van der Waals surface area contributed by atoms with Gasteiger partial charge in [-0.05, 0) is 37.8 Å². The van der Waals surface area contributed by atoms with E-state index >= 15 is 0 Å². The highest BCUT2D eigenvalue weighted by Crippen LogP contribution is 2.15. The van der Waals surface area contributed by atoms with Crippen molar-refractivity contribution in [2.75, 3.05) is 13.1 Å². The lowest BCUT2D eigenvalue weighted by atomic mass is 10.2.